The van der Waals surface area contributed by atoms with Crippen molar-refractivity contribution >= 4 is 0 Å². The Kier molecular flexibility index (Phi) is 11.3. The molecule has 0 aromatic heterocycles. The lowest BCUT2D eigenvalue weighted by molar-refractivity contribution is 0.105. The minimum Gasteiger partial charge on any atom is -0.396 e. The van der Waals surface area contributed by atoms with Crippen molar-refractivity contribution in [3.05, 3.63) is 0 Å². The molecule has 0 rings (SSSR count). The van der Waals surface area contributed by atoms with Crippen molar-refractivity contribution in [2.75, 3.05) is 13.2 Å². The predicted molar refractivity (Wildman–Crippen MR) is 95.3 cm³/mol. The maximum absolute atomic E-state index is 9.97. The van der Waals surface area contributed by atoms with E-state index in [0.29, 0.717) is 0 Å². The minimum absolute atomic E-state index is 0.0573. The summed E-state index contributed by atoms with van der Waals surface area (Å²) in [5.74, 6) is 0. The van der Waals surface area contributed by atoms with Crippen molar-refractivity contribution in [3.63, 3.8) is 0 Å². The summed E-state index contributed by atoms with van der Waals surface area (Å²) in [6.45, 7) is 8.51. The van der Waals surface area contributed by atoms with Crippen LogP contribution in [0.3, 0.4) is 0 Å². The maximum atomic E-state index is 9.97. The summed E-state index contributed by atoms with van der Waals surface area (Å²) < 4.78 is 0. The number of hydrogen-bond acceptors (Lipinski definition) is 4. The van der Waals surface area contributed by atoms with Crippen molar-refractivity contribution in [1.82, 2.24) is 0 Å². The highest BCUT2D eigenvalue weighted by atomic mass is 16.3. The fourth-order valence-corrected chi connectivity index (χ4v) is 2.67. The van der Waals surface area contributed by atoms with Gasteiger partial charge in [0, 0.05) is 13.2 Å². The molecule has 0 aromatic carbocycles. The first kappa shape index (κ1) is 22.8. The molecule has 0 spiro atoms. The molecule has 0 saturated carbocycles. The molecule has 0 aliphatic rings. The van der Waals surface area contributed by atoms with Crippen LogP contribution in [0.1, 0.15) is 85.5 Å². The molecule has 23 heavy (non-hydrogen) atoms. The second-order valence-corrected chi connectivity index (χ2v) is 8.67. The van der Waals surface area contributed by atoms with Crippen LogP contribution in [0.2, 0.25) is 0 Å². The molecule has 0 saturated heterocycles. The summed E-state index contributed by atoms with van der Waals surface area (Å²) in [7, 11) is 0. The van der Waals surface area contributed by atoms with E-state index in [9.17, 15) is 20.4 Å². The first-order valence-corrected chi connectivity index (χ1v) is 9.20. The van der Waals surface area contributed by atoms with E-state index in [0.717, 1.165) is 57.8 Å². The zero-order chi connectivity index (χ0) is 17.9. The molecule has 0 bridgehead atoms. The van der Waals surface area contributed by atoms with Crippen LogP contribution in [-0.2, 0) is 0 Å². The van der Waals surface area contributed by atoms with Crippen LogP contribution in [0.15, 0.2) is 0 Å². The van der Waals surface area contributed by atoms with Gasteiger partial charge in [-0.25, -0.2) is 0 Å². The van der Waals surface area contributed by atoms with Crippen LogP contribution in [-0.4, -0.2) is 45.8 Å². The van der Waals surface area contributed by atoms with Gasteiger partial charge in [-0.2, -0.15) is 0 Å². The molecule has 140 valence electrons. The van der Waals surface area contributed by atoms with Crippen LogP contribution in [0.25, 0.3) is 0 Å². The topological polar surface area (TPSA) is 80.9 Å². The first-order chi connectivity index (χ1) is 10.6. The highest BCUT2D eigenvalue weighted by molar-refractivity contribution is 4.70. The van der Waals surface area contributed by atoms with E-state index in [1.807, 2.05) is 27.7 Å². The maximum Gasteiger partial charge on any atom is 0.0540 e. The lowest BCUT2D eigenvalue weighted by Crippen LogP contribution is -2.18. The highest BCUT2D eigenvalue weighted by Crippen LogP contribution is 2.24. The fraction of sp³-hybridized carbons (Fsp3) is 1.00. The summed E-state index contributed by atoms with van der Waals surface area (Å²) in [5.41, 5.74) is -0.115. The van der Waals surface area contributed by atoms with E-state index < -0.39 is 0 Å². The Labute approximate surface area is 142 Å². The third-order valence-electron chi connectivity index (χ3n) is 4.71. The van der Waals surface area contributed by atoms with E-state index in [1.54, 1.807) is 0 Å². The summed E-state index contributed by atoms with van der Waals surface area (Å²) in [5, 5.41) is 38.3. The quantitative estimate of drug-likeness (QED) is 0.393. The Morgan fingerprint density at radius 2 is 0.913 bits per heavy atom. The summed E-state index contributed by atoms with van der Waals surface area (Å²) in [6, 6.07) is 0. The zero-order valence-electron chi connectivity index (χ0n) is 15.7. The molecule has 0 fully saturated rings. The first-order valence-electron chi connectivity index (χ1n) is 9.20. The predicted octanol–water partition coefficient (Wildman–Crippen LogP) is 3.26. The minimum atomic E-state index is -0.301. The SMILES string of the molecule is CC(C)(CO)CCCC(O)CCCC(O)CCCC(C)(C)CO. The van der Waals surface area contributed by atoms with Gasteiger partial charge >= 0.3 is 0 Å². The second kappa shape index (κ2) is 11.4. The van der Waals surface area contributed by atoms with Crippen LogP contribution in [0, 0.1) is 10.8 Å². The van der Waals surface area contributed by atoms with Gasteiger partial charge in [0.25, 0.3) is 0 Å². The zero-order valence-corrected chi connectivity index (χ0v) is 15.7. The second-order valence-electron chi connectivity index (χ2n) is 8.67. The molecule has 2 atom stereocenters. The van der Waals surface area contributed by atoms with Crippen LogP contribution >= 0.6 is 0 Å². The summed E-state index contributed by atoms with van der Waals surface area (Å²) >= 11 is 0. The number of aliphatic hydroxyl groups is 4. The largest absolute Gasteiger partial charge is 0.396 e. The van der Waals surface area contributed by atoms with Crippen LogP contribution in [0.5, 0.6) is 0 Å². The standard InChI is InChI=1S/C19H40O4/c1-18(2,14-20)12-6-10-16(22)8-5-9-17(23)11-7-13-19(3,4)15-21/h16-17,20-23H,5-15H2,1-4H3. The van der Waals surface area contributed by atoms with Crippen molar-refractivity contribution in [2.24, 2.45) is 10.8 Å². The van der Waals surface area contributed by atoms with E-state index in [2.05, 4.69) is 0 Å². The third-order valence-corrected chi connectivity index (χ3v) is 4.71. The van der Waals surface area contributed by atoms with Crippen molar-refractivity contribution in [1.29, 1.82) is 0 Å². The molecular formula is C19H40O4. The smallest absolute Gasteiger partial charge is 0.0540 e. The Bertz CT molecular complexity index is 261. The van der Waals surface area contributed by atoms with Gasteiger partial charge in [0.2, 0.25) is 0 Å². The molecule has 0 radical (unpaired) electrons. The molecule has 4 N–H and O–H groups in total. The Hall–Kier alpha value is -0.160. The molecule has 0 amide bonds. The summed E-state index contributed by atoms with van der Waals surface area (Å²) in [4.78, 5) is 0. The number of rotatable bonds is 14. The van der Waals surface area contributed by atoms with Crippen molar-refractivity contribution in [2.45, 2.75) is 97.7 Å². The average molecular weight is 333 g/mol. The van der Waals surface area contributed by atoms with Gasteiger partial charge in [0.1, 0.15) is 0 Å². The average Bonchev–Trinajstić information content (AvgIpc) is 2.47. The van der Waals surface area contributed by atoms with Gasteiger partial charge in [0.15, 0.2) is 0 Å². The lowest BCUT2D eigenvalue weighted by atomic mass is 9.87. The van der Waals surface area contributed by atoms with E-state index in [-0.39, 0.29) is 36.3 Å². The van der Waals surface area contributed by atoms with Gasteiger partial charge in [-0.1, -0.05) is 40.5 Å². The molecule has 0 heterocycles. The monoisotopic (exact) mass is 332 g/mol. The van der Waals surface area contributed by atoms with Gasteiger partial charge in [-0.3, -0.25) is 0 Å². The molecule has 0 aliphatic carbocycles. The van der Waals surface area contributed by atoms with Gasteiger partial charge in [-0.05, 0) is 55.8 Å². The van der Waals surface area contributed by atoms with Gasteiger partial charge in [0.05, 0.1) is 12.2 Å². The fourth-order valence-electron chi connectivity index (χ4n) is 2.67. The van der Waals surface area contributed by atoms with Gasteiger partial charge in [-0.15, -0.1) is 0 Å². The molecule has 0 aliphatic heterocycles. The normalized spacial score (nSPS) is 15.7. The van der Waals surface area contributed by atoms with E-state index >= 15 is 0 Å². The molecule has 4 heteroatoms. The van der Waals surface area contributed by atoms with E-state index in [4.69, 9.17) is 0 Å². The summed E-state index contributed by atoms with van der Waals surface area (Å²) in [6.07, 6.45) is 6.94. The van der Waals surface area contributed by atoms with Crippen molar-refractivity contribution in [3.8, 4) is 0 Å². The number of hydrogen-bond donors (Lipinski definition) is 4. The Morgan fingerprint density at radius 1 is 0.609 bits per heavy atom. The lowest BCUT2D eigenvalue weighted by Gasteiger charge is -2.22. The van der Waals surface area contributed by atoms with Crippen LogP contribution < -0.4 is 0 Å². The van der Waals surface area contributed by atoms with Gasteiger partial charge < -0.3 is 20.4 Å². The van der Waals surface area contributed by atoms with Crippen molar-refractivity contribution < 1.29 is 20.4 Å². The Balaban J connectivity index is 3.65. The molecule has 2 unspecified atom stereocenters. The van der Waals surface area contributed by atoms with Crippen LogP contribution in [0.4, 0.5) is 0 Å². The highest BCUT2D eigenvalue weighted by Gasteiger charge is 2.18. The molecule has 0 aromatic rings. The Morgan fingerprint density at radius 3 is 1.22 bits per heavy atom. The number of aliphatic hydroxyl groups excluding tert-OH is 4. The third kappa shape index (κ3) is 12.9. The van der Waals surface area contributed by atoms with E-state index in [1.165, 1.54) is 0 Å². The molecule has 4 nitrogen and oxygen atoms in total. The molecular weight excluding hydrogens is 292 g/mol.